The van der Waals surface area contributed by atoms with Gasteiger partial charge in [-0.15, -0.1) is 11.3 Å². The predicted molar refractivity (Wildman–Crippen MR) is 56.5 cm³/mol. The molecule has 0 aromatic carbocycles. The van der Waals surface area contributed by atoms with Crippen LogP contribution < -0.4 is 5.73 Å². The van der Waals surface area contributed by atoms with Crippen molar-refractivity contribution in [3.05, 3.63) is 16.1 Å². The summed E-state index contributed by atoms with van der Waals surface area (Å²) in [5, 5.41) is 9.67. The van der Waals surface area contributed by atoms with Crippen LogP contribution >= 0.6 is 11.3 Å². The third-order valence-electron chi connectivity index (χ3n) is 1.71. The number of carbonyl (C=O) groups excluding carboxylic acids is 1. The van der Waals surface area contributed by atoms with E-state index in [-0.39, 0.29) is 6.61 Å². The van der Waals surface area contributed by atoms with Gasteiger partial charge in [0, 0.05) is 12.6 Å². The minimum atomic E-state index is -0.793. The number of ether oxygens (including phenoxy) is 1. The molecular weight excluding hydrogens is 216 g/mol. The Labute approximate surface area is 91.9 Å². The van der Waals surface area contributed by atoms with Gasteiger partial charge in [0.25, 0.3) is 0 Å². The highest BCUT2D eigenvalue weighted by Crippen LogP contribution is 2.21. The number of aliphatic hydroxyl groups excluding tert-OH is 1. The van der Waals surface area contributed by atoms with Gasteiger partial charge in [-0.05, 0) is 13.8 Å². The third-order valence-corrected chi connectivity index (χ3v) is 2.69. The number of rotatable bonds is 4. The van der Waals surface area contributed by atoms with Crippen LogP contribution in [0.5, 0.6) is 0 Å². The molecule has 0 saturated carbocycles. The van der Waals surface area contributed by atoms with Gasteiger partial charge in [0.2, 0.25) is 0 Å². The van der Waals surface area contributed by atoms with E-state index in [0.717, 1.165) is 9.88 Å². The van der Waals surface area contributed by atoms with Gasteiger partial charge in [0.1, 0.15) is 5.60 Å². The van der Waals surface area contributed by atoms with Gasteiger partial charge >= 0.3 is 6.09 Å². The van der Waals surface area contributed by atoms with Gasteiger partial charge in [-0.2, -0.15) is 0 Å². The monoisotopic (exact) mass is 230 g/mol. The summed E-state index contributed by atoms with van der Waals surface area (Å²) in [4.78, 5) is 15.5. The van der Waals surface area contributed by atoms with Crippen molar-refractivity contribution in [3.8, 4) is 0 Å². The molecule has 0 radical (unpaired) electrons. The molecule has 0 fully saturated rings. The molecule has 0 aliphatic carbocycles. The molecule has 0 atom stereocenters. The first-order valence-electron chi connectivity index (χ1n) is 4.46. The van der Waals surface area contributed by atoms with Crippen molar-refractivity contribution in [3.63, 3.8) is 0 Å². The quantitative estimate of drug-likeness (QED) is 0.809. The van der Waals surface area contributed by atoms with E-state index in [4.69, 9.17) is 15.6 Å². The summed E-state index contributed by atoms with van der Waals surface area (Å²) < 4.78 is 4.93. The molecular formula is C9H14N2O3S. The smallest absolute Gasteiger partial charge is 0.405 e. The molecule has 0 aliphatic heterocycles. The van der Waals surface area contributed by atoms with Gasteiger partial charge in [-0.25, -0.2) is 9.78 Å². The number of aliphatic hydroxyl groups is 1. The Morgan fingerprint density at radius 1 is 1.73 bits per heavy atom. The van der Waals surface area contributed by atoms with E-state index in [2.05, 4.69) is 4.98 Å². The lowest BCUT2D eigenvalue weighted by atomic mass is 10.1. The standard InChI is InChI=1S/C9H14N2O3S/c1-9(2,14-8(10)13)3-7-11-4-6(5-12)15-7/h4,12H,3,5H2,1-2H3,(H2,10,13). The summed E-state index contributed by atoms with van der Waals surface area (Å²) in [5.41, 5.74) is 4.28. The van der Waals surface area contributed by atoms with Crippen LogP contribution in [-0.4, -0.2) is 21.8 Å². The number of carbonyl (C=O) groups is 1. The molecule has 6 heteroatoms. The molecule has 0 spiro atoms. The van der Waals surface area contributed by atoms with Crippen molar-refractivity contribution >= 4 is 17.4 Å². The molecule has 3 N–H and O–H groups in total. The topological polar surface area (TPSA) is 85.4 Å². The summed E-state index contributed by atoms with van der Waals surface area (Å²) in [6, 6.07) is 0. The number of nitrogens with zero attached hydrogens (tertiary/aromatic N) is 1. The normalized spacial score (nSPS) is 11.4. The minimum Gasteiger partial charge on any atom is -0.443 e. The maximum Gasteiger partial charge on any atom is 0.405 e. The van der Waals surface area contributed by atoms with Crippen molar-refractivity contribution in [2.75, 3.05) is 0 Å². The highest BCUT2D eigenvalue weighted by molar-refractivity contribution is 7.11. The summed E-state index contributed by atoms with van der Waals surface area (Å²) in [6.45, 7) is 3.50. The lowest BCUT2D eigenvalue weighted by Crippen LogP contribution is -2.33. The maximum absolute atomic E-state index is 10.6. The first kappa shape index (κ1) is 11.9. The summed E-state index contributed by atoms with van der Waals surface area (Å²) in [7, 11) is 0. The van der Waals surface area contributed by atoms with Gasteiger partial charge in [-0.3, -0.25) is 0 Å². The Balaban J connectivity index is 2.63. The number of hydrogen-bond donors (Lipinski definition) is 2. The largest absolute Gasteiger partial charge is 0.443 e. The Kier molecular flexibility index (Phi) is 3.65. The first-order chi connectivity index (χ1) is 6.93. The molecule has 84 valence electrons. The van der Waals surface area contributed by atoms with E-state index < -0.39 is 11.7 Å². The fraction of sp³-hybridized carbons (Fsp3) is 0.556. The lowest BCUT2D eigenvalue weighted by Gasteiger charge is -2.22. The average Bonchev–Trinajstić information content (AvgIpc) is 2.48. The van der Waals surface area contributed by atoms with E-state index in [9.17, 15) is 4.79 Å². The van der Waals surface area contributed by atoms with Crippen LogP contribution in [0.3, 0.4) is 0 Å². The van der Waals surface area contributed by atoms with Crippen LogP contribution in [0.4, 0.5) is 4.79 Å². The van der Waals surface area contributed by atoms with Crippen LogP contribution in [0.1, 0.15) is 23.7 Å². The van der Waals surface area contributed by atoms with Gasteiger partial charge in [0.15, 0.2) is 0 Å². The zero-order chi connectivity index (χ0) is 11.5. The fourth-order valence-corrected chi connectivity index (χ4v) is 2.17. The number of aromatic nitrogens is 1. The Morgan fingerprint density at radius 2 is 2.40 bits per heavy atom. The van der Waals surface area contributed by atoms with Crippen molar-refractivity contribution < 1.29 is 14.6 Å². The van der Waals surface area contributed by atoms with Crippen LogP contribution in [0.2, 0.25) is 0 Å². The summed E-state index contributed by atoms with van der Waals surface area (Å²) in [5.74, 6) is 0. The lowest BCUT2D eigenvalue weighted by molar-refractivity contribution is 0.0460. The van der Waals surface area contributed by atoms with Crippen molar-refractivity contribution in [1.82, 2.24) is 4.98 Å². The van der Waals surface area contributed by atoms with Crippen LogP contribution in [0.15, 0.2) is 6.20 Å². The molecule has 1 aromatic rings. The number of thiazole rings is 1. The zero-order valence-corrected chi connectivity index (χ0v) is 9.50. The number of hydrogen-bond acceptors (Lipinski definition) is 5. The summed E-state index contributed by atoms with van der Waals surface area (Å²) in [6.07, 6.45) is 1.31. The first-order valence-corrected chi connectivity index (χ1v) is 5.27. The Bertz CT molecular complexity index is 349. The second-order valence-corrected chi connectivity index (χ2v) is 4.94. The van der Waals surface area contributed by atoms with E-state index in [1.807, 2.05) is 0 Å². The van der Waals surface area contributed by atoms with Crippen LogP contribution in [0, 0.1) is 0 Å². The van der Waals surface area contributed by atoms with Crippen molar-refractivity contribution in [2.45, 2.75) is 32.5 Å². The summed E-state index contributed by atoms with van der Waals surface area (Å²) >= 11 is 1.39. The molecule has 1 aromatic heterocycles. The second kappa shape index (κ2) is 4.59. The third kappa shape index (κ3) is 3.85. The van der Waals surface area contributed by atoms with Crippen molar-refractivity contribution in [2.24, 2.45) is 5.73 Å². The molecule has 1 rings (SSSR count). The number of nitrogens with two attached hydrogens (primary N) is 1. The second-order valence-electron chi connectivity index (χ2n) is 3.74. The fourth-order valence-electron chi connectivity index (χ4n) is 1.18. The predicted octanol–water partition coefficient (Wildman–Crippen LogP) is 1.05. The Morgan fingerprint density at radius 3 is 2.87 bits per heavy atom. The minimum absolute atomic E-state index is 0.0191. The molecule has 15 heavy (non-hydrogen) atoms. The van der Waals surface area contributed by atoms with Gasteiger partial charge in [0.05, 0.1) is 16.5 Å². The molecule has 1 amide bonds. The molecule has 0 aliphatic rings. The number of primary amides is 1. The van der Waals surface area contributed by atoms with E-state index in [1.165, 1.54) is 11.3 Å². The zero-order valence-electron chi connectivity index (χ0n) is 8.69. The average molecular weight is 230 g/mol. The van der Waals surface area contributed by atoms with Crippen LogP contribution in [-0.2, 0) is 17.8 Å². The van der Waals surface area contributed by atoms with Crippen molar-refractivity contribution in [1.29, 1.82) is 0 Å². The maximum atomic E-state index is 10.6. The van der Waals surface area contributed by atoms with E-state index in [0.29, 0.717) is 6.42 Å². The molecule has 5 nitrogen and oxygen atoms in total. The SMILES string of the molecule is CC(C)(Cc1ncc(CO)s1)OC(N)=O. The van der Waals surface area contributed by atoms with E-state index >= 15 is 0 Å². The highest BCUT2D eigenvalue weighted by atomic mass is 32.1. The van der Waals surface area contributed by atoms with Crippen LogP contribution in [0.25, 0.3) is 0 Å². The molecule has 0 unspecified atom stereocenters. The highest BCUT2D eigenvalue weighted by Gasteiger charge is 2.23. The van der Waals surface area contributed by atoms with Gasteiger partial charge in [-0.1, -0.05) is 0 Å². The van der Waals surface area contributed by atoms with Gasteiger partial charge < -0.3 is 15.6 Å². The molecule has 0 bridgehead atoms. The number of amides is 1. The Hall–Kier alpha value is -1.14. The van der Waals surface area contributed by atoms with E-state index in [1.54, 1.807) is 20.0 Å². The molecule has 0 saturated heterocycles. The molecule has 1 heterocycles.